The highest BCUT2D eigenvalue weighted by Crippen LogP contribution is 2.26. The summed E-state index contributed by atoms with van der Waals surface area (Å²) >= 11 is 0. The highest BCUT2D eigenvalue weighted by atomic mass is 16.1. The zero-order chi connectivity index (χ0) is 16.9. The summed E-state index contributed by atoms with van der Waals surface area (Å²) in [7, 11) is 0. The fourth-order valence-electron chi connectivity index (χ4n) is 3.20. The first-order valence-electron chi connectivity index (χ1n) is 8.69. The van der Waals surface area contributed by atoms with Crippen LogP contribution < -0.4 is 5.32 Å². The molecule has 2 aromatic rings. The van der Waals surface area contributed by atoms with Crippen molar-refractivity contribution in [3.8, 4) is 0 Å². The van der Waals surface area contributed by atoms with Crippen LogP contribution in [0.25, 0.3) is 0 Å². The van der Waals surface area contributed by atoms with Crippen molar-refractivity contribution >= 4 is 11.5 Å². The van der Waals surface area contributed by atoms with E-state index in [4.69, 9.17) is 0 Å². The van der Waals surface area contributed by atoms with Gasteiger partial charge in [0.05, 0.1) is 6.54 Å². The Balaban J connectivity index is 1.59. The third-order valence-electron chi connectivity index (χ3n) is 4.64. The molecule has 2 heterocycles. The van der Waals surface area contributed by atoms with Gasteiger partial charge >= 0.3 is 0 Å². The first-order valence-corrected chi connectivity index (χ1v) is 8.69. The van der Waals surface area contributed by atoms with Crippen LogP contribution in [0.3, 0.4) is 0 Å². The smallest absolute Gasteiger partial charge is 0.176 e. The van der Waals surface area contributed by atoms with Gasteiger partial charge in [0.15, 0.2) is 5.78 Å². The average Bonchev–Trinajstić information content (AvgIpc) is 2.98. The second-order valence-electron chi connectivity index (χ2n) is 6.52. The molecule has 1 aliphatic rings. The molecule has 1 aromatic heterocycles. The number of ketones is 1. The van der Waals surface area contributed by atoms with E-state index in [1.165, 1.54) is 16.8 Å². The molecule has 3 rings (SSSR count). The molecule has 0 amide bonds. The number of fused-ring (bicyclic) bond motifs is 1. The zero-order valence-electron chi connectivity index (χ0n) is 14.5. The number of pyridine rings is 1. The number of carbonyl (C=O) groups is 1. The molecule has 0 radical (unpaired) electrons. The summed E-state index contributed by atoms with van der Waals surface area (Å²) in [6.45, 7) is 6.51. The molecule has 1 aromatic carbocycles. The van der Waals surface area contributed by atoms with Gasteiger partial charge in [-0.05, 0) is 67.8 Å². The lowest BCUT2D eigenvalue weighted by Gasteiger charge is -2.19. The number of hydrogen-bond acceptors (Lipinski definition) is 4. The molecule has 1 atom stereocenters. The molecule has 0 aliphatic carbocycles. The van der Waals surface area contributed by atoms with Gasteiger partial charge in [-0.3, -0.25) is 14.7 Å². The molecule has 1 aliphatic heterocycles. The third-order valence-corrected chi connectivity index (χ3v) is 4.64. The van der Waals surface area contributed by atoms with Crippen molar-refractivity contribution < 1.29 is 4.79 Å². The molecule has 0 bridgehead atoms. The number of aromatic nitrogens is 1. The Bertz CT molecular complexity index is 699. The van der Waals surface area contributed by atoms with Crippen LogP contribution in [0, 0.1) is 0 Å². The van der Waals surface area contributed by atoms with Crippen LogP contribution in [0.1, 0.15) is 35.3 Å². The van der Waals surface area contributed by atoms with E-state index < -0.39 is 0 Å². The van der Waals surface area contributed by atoms with Crippen molar-refractivity contribution in [2.75, 3.05) is 25.0 Å². The number of benzene rings is 1. The maximum atomic E-state index is 12.6. The summed E-state index contributed by atoms with van der Waals surface area (Å²) in [5.74, 6) is 0.203. The molecule has 0 spiro atoms. The van der Waals surface area contributed by atoms with Crippen LogP contribution >= 0.6 is 0 Å². The molecule has 24 heavy (non-hydrogen) atoms. The molecule has 4 nitrogen and oxygen atoms in total. The lowest BCUT2D eigenvalue weighted by atomic mass is 10.0. The molecule has 0 saturated carbocycles. The summed E-state index contributed by atoms with van der Waals surface area (Å²) in [4.78, 5) is 18.9. The molecule has 0 fully saturated rings. The SMILES string of the molecule is CCN(CCc1ccncc1)CC(=O)c1ccc2c(c1)CC(C)N2. The lowest BCUT2D eigenvalue weighted by molar-refractivity contribution is 0.0934. The number of rotatable bonds is 7. The van der Waals surface area contributed by atoms with Crippen molar-refractivity contribution in [1.29, 1.82) is 0 Å². The van der Waals surface area contributed by atoms with Gasteiger partial charge in [-0.2, -0.15) is 0 Å². The van der Waals surface area contributed by atoms with Gasteiger partial charge in [0.25, 0.3) is 0 Å². The second-order valence-corrected chi connectivity index (χ2v) is 6.52. The molecule has 4 heteroatoms. The predicted octanol–water partition coefficient (Wildman–Crippen LogP) is 3.19. The Morgan fingerprint density at radius 1 is 1.29 bits per heavy atom. The highest BCUT2D eigenvalue weighted by Gasteiger charge is 2.19. The van der Waals surface area contributed by atoms with E-state index in [0.29, 0.717) is 12.6 Å². The molecule has 126 valence electrons. The van der Waals surface area contributed by atoms with Gasteiger partial charge in [-0.15, -0.1) is 0 Å². The van der Waals surface area contributed by atoms with Gasteiger partial charge in [0.2, 0.25) is 0 Å². The summed E-state index contributed by atoms with van der Waals surface area (Å²) in [6, 6.07) is 10.6. The zero-order valence-corrected chi connectivity index (χ0v) is 14.5. The molecule has 1 unspecified atom stereocenters. The van der Waals surface area contributed by atoms with E-state index in [9.17, 15) is 4.79 Å². The van der Waals surface area contributed by atoms with Crippen LogP contribution in [-0.2, 0) is 12.8 Å². The van der Waals surface area contributed by atoms with Gasteiger partial charge in [-0.1, -0.05) is 6.92 Å². The number of nitrogens with one attached hydrogen (secondary N) is 1. The Morgan fingerprint density at radius 2 is 2.08 bits per heavy atom. The number of nitrogens with zero attached hydrogens (tertiary/aromatic N) is 2. The maximum absolute atomic E-state index is 12.6. The quantitative estimate of drug-likeness (QED) is 0.795. The lowest BCUT2D eigenvalue weighted by Crippen LogP contribution is -2.31. The van der Waals surface area contributed by atoms with Crippen molar-refractivity contribution in [3.05, 3.63) is 59.4 Å². The normalized spacial score (nSPS) is 16.0. The number of likely N-dealkylation sites (N-methyl/N-ethyl adjacent to an activating group) is 1. The van der Waals surface area contributed by atoms with E-state index in [1.807, 2.05) is 36.7 Å². The van der Waals surface area contributed by atoms with Crippen molar-refractivity contribution in [3.63, 3.8) is 0 Å². The molecular formula is C20H25N3O. The maximum Gasteiger partial charge on any atom is 0.176 e. The fraction of sp³-hybridized carbons (Fsp3) is 0.400. The number of carbonyl (C=O) groups excluding carboxylic acids is 1. The van der Waals surface area contributed by atoms with Crippen molar-refractivity contribution in [1.82, 2.24) is 9.88 Å². The number of hydrogen-bond donors (Lipinski definition) is 1. The minimum atomic E-state index is 0.203. The van der Waals surface area contributed by atoms with Crippen molar-refractivity contribution in [2.45, 2.75) is 32.7 Å². The standard InChI is InChI=1S/C20H25N3O/c1-3-23(11-8-16-6-9-21-10-7-16)14-20(24)17-4-5-19-18(13-17)12-15(2)22-19/h4-7,9-10,13,15,22H,3,8,11-12,14H2,1-2H3. The molecular weight excluding hydrogens is 298 g/mol. The fourth-order valence-corrected chi connectivity index (χ4v) is 3.20. The van der Waals surface area contributed by atoms with Gasteiger partial charge < -0.3 is 5.32 Å². The van der Waals surface area contributed by atoms with E-state index in [0.717, 1.165) is 31.5 Å². The third kappa shape index (κ3) is 4.01. The Kier molecular flexibility index (Phi) is 5.26. The van der Waals surface area contributed by atoms with E-state index in [2.05, 4.69) is 35.1 Å². The van der Waals surface area contributed by atoms with Gasteiger partial charge in [0, 0.05) is 36.2 Å². The highest BCUT2D eigenvalue weighted by molar-refractivity contribution is 5.98. The first kappa shape index (κ1) is 16.7. The largest absolute Gasteiger partial charge is 0.382 e. The molecule has 0 saturated heterocycles. The van der Waals surface area contributed by atoms with Crippen LogP contribution in [-0.4, -0.2) is 41.3 Å². The average molecular weight is 323 g/mol. The number of anilines is 1. The summed E-state index contributed by atoms with van der Waals surface area (Å²) < 4.78 is 0. The van der Waals surface area contributed by atoms with Gasteiger partial charge in [0.1, 0.15) is 0 Å². The minimum absolute atomic E-state index is 0.203. The molecule has 1 N–H and O–H groups in total. The van der Waals surface area contributed by atoms with Crippen molar-refractivity contribution in [2.24, 2.45) is 0 Å². The van der Waals surface area contributed by atoms with Crippen LogP contribution in [0.5, 0.6) is 0 Å². The Labute approximate surface area is 143 Å². The van der Waals surface area contributed by atoms with E-state index in [1.54, 1.807) is 0 Å². The Hall–Kier alpha value is -2.20. The number of Topliss-reactive ketones (excluding diaryl/α,β-unsaturated/α-hetero) is 1. The second kappa shape index (κ2) is 7.58. The minimum Gasteiger partial charge on any atom is -0.382 e. The van der Waals surface area contributed by atoms with Crippen LogP contribution in [0.4, 0.5) is 5.69 Å². The van der Waals surface area contributed by atoms with Crippen LogP contribution in [0.2, 0.25) is 0 Å². The predicted molar refractivity (Wildman–Crippen MR) is 97.6 cm³/mol. The first-order chi connectivity index (χ1) is 11.7. The summed E-state index contributed by atoms with van der Waals surface area (Å²) in [5, 5.41) is 3.43. The van der Waals surface area contributed by atoms with E-state index >= 15 is 0 Å². The topological polar surface area (TPSA) is 45.2 Å². The monoisotopic (exact) mass is 323 g/mol. The van der Waals surface area contributed by atoms with E-state index in [-0.39, 0.29) is 5.78 Å². The summed E-state index contributed by atoms with van der Waals surface area (Å²) in [5.41, 5.74) is 4.51. The Morgan fingerprint density at radius 3 is 2.83 bits per heavy atom. The van der Waals surface area contributed by atoms with Gasteiger partial charge in [-0.25, -0.2) is 0 Å². The van der Waals surface area contributed by atoms with Crippen LogP contribution in [0.15, 0.2) is 42.7 Å². The summed E-state index contributed by atoms with van der Waals surface area (Å²) in [6.07, 6.45) is 5.57.